The van der Waals surface area contributed by atoms with Crippen LogP contribution >= 0.6 is 11.3 Å². The van der Waals surface area contributed by atoms with E-state index in [1.165, 1.54) is 11.3 Å². The van der Waals surface area contributed by atoms with Gasteiger partial charge in [-0.25, -0.2) is 4.98 Å². The second-order valence-corrected chi connectivity index (χ2v) is 6.56. The Bertz CT molecular complexity index is 729. The Kier molecular flexibility index (Phi) is 6.82. The molecule has 7 nitrogen and oxygen atoms in total. The third-order valence-electron chi connectivity index (χ3n) is 3.71. The molecule has 1 saturated heterocycles. The number of rotatable bonds is 8. The molecule has 0 unspecified atom stereocenters. The van der Waals surface area contributed by atoms with Crippen molar-refractivity contribution in [1.29, 1.82) is 0 Å². The predicted molar refractivity (Wildman–Crippen MR) is 101 cm³/mol. The van der Waals surface area contributed by atoms with Crippen molar-refractivity contribution < 1.29 is 18.9 Å². The summed E-state index contributed by atoms with van der Waals surface area (Å²) in [5.74, 6) is 1.30. The van der Waals surface area contributed by atoms with Gasteiger partial charge in [-0.2, -0.15) is 5.10 Å². The molecule has 0 atom stereocenters. The van der Waals surface area contributed by atoms with Gasteiger partial charge in [0, 0.05) is 17.4 Å². The molecule has 2 heterocycles. The number of nitrogens with zero attached hydrogens (tertiary/aromatic N) is 2. The SMILES string of the molecule is COc1cccc(C=NNc2nc(C)cs2)c1OCCC1OCCCO1. The van der Waals surface area contributed by atoms with E-state index in [0.29, 0.717) is 24.5 Å². The number of ether oxygens (including phenoxy) is 4. The van der Waals surface area contributed by atoms with Gasteiger partial charge >= 0.3 is 0 Å². The van der Waals surface area contributed by atoms with E-state index < -0.39 is 0 Å². The summed E-state index contributed by atoms with van der Waals surface area (Å²) >= 11 is 1.51. The number of aromatic nitrogens is 1. The van der Waals surface area contributed by atoms with Gasteiger partial charge in [-0.1, -0.05) is 6.07 Å². The lowest BCUT2D eigenvalue weighted by Crippen LogP contribution is -2.26. The molecule has 0 spiro atoms. The number of hydrazone groups is 1. The highest BCUT2D eigenvalue weighted by molar-refractivity contribution is 7.13. The molecule has 0 amide bonds. The number of hydrogen-bond donors (Lipinski definition) is 1. The molecular weight excluding hydrogens is 354 g/mol. The largest absolute Gasteiger partial charge is 0.493 e. The maximum atomic E-state index is 5.95. The highest BCUT2D eigenvalue weighted by Crippen LogP contribution is 2.30. The summed E-state index contributed by atoms with van der Waals surface area (Å²) in [6, 6.07) is 5.68. The summed E-state index contributed by atoms with van der Waals surface area (Å²) in [7, 11) is 1.62. The van der Waals surface area contributed by atoms with Gasteiger partial charge in [0.05, 0.1) is 38.8 Å². The molecule has 0 radical (unpaired) electrons. The minimum atomic E-state index is -0.203. The third kappa shape index (κ3) is 5.17. The number of anilines is 1. The lowest BCUT2D eigenvalue weighted by Gasteiger charge is -2.23. The van der Waals surface area contributed by atoms with E-state index in [1.54, 1.807) is 13.3 Å². The van der Waals surface area contributed by atoms with Crippen LogP contribution < -0.4 is 14.9 Å². The quantitative estimate of drug-likeness (QED) is 0.561. The zero-order chi connectivity index (χ0) is 18.2. The van der Waals surface area contributed by atoms with Crippen LogP contribution in [0.2, 0.25) is 0 Å². The Balaban J connectivity index is 1.62. The Morgan fingerprint density at radius 3 is 2.96 bits per heavy atom. The van der Waals surface area contributed by atoms with E-state index in [-0.39, 0.29) is 6.29 Å². The molecule has 1 aromatic carbocycles. The van der Waals surface area contributed by atoms with Gasteiger partial charge in [0.1, 0.15) is 0 Å². The summed E-state index contributed by atoms with van der Waals surface area (Å²) in [5.41, 5.74) is 4.71. The first-order valence-corrected chi connectivity index (χ1v) is 9.38. The topological polar surface area (TPSA) is 74.2 Å². The normalized spacial score (nSPS) is 15.3. The summed E-state index contributed by atoms with van der Waals surface area (Å²) in [6.07, 6.45) is 3.09. The van der Waals surface area contributed by atoms with Gasteiger partial charge in [-0.3, -0.25) is 5.43 Å². The smallest absolute Gasteiger partial charge is 0.203 e. The predicted octanol–water partition coefficient (Wildman–Crippen LogP) is 3.44. The number of hydrogen-bond acceptors (Lipinski definition) is 8. The average Bonchev–Trinajstić information content (AvgIpc) is 3.08. The maximum absolute atomic E-state index is 5.95. The van der Waals surface area contributed by atoms with Crippen LogP contribution in [0.1, 0.15) is 24.1 Å². The molecule has 1 fully saturated rings. The van der Waals surface area contributed by atoms with Crippen LogP contribution in [0.15, 0.2) is 28.7 Å². The van der Waals surface area contributed by atoms with Gasteiger partial charge in [-0.05, 0) is 25.5 Å². The molecule has 1 aliphatic rings. The zero-order valence-corrected chi connectivity index (χ0v) is 15.8. The van der Waals surface area contributed by atoms with Crippen LogP contribution in [0.4, 0.5) is 5.13 Å². The number of thiazole rings is 1. The van der Waals surface area contributed by atoms with Crippen LogP contribution in [0.5, 0.6) is 11.5 Å². The number of benzene rings is 1. The van der Waals surface area contributed by atoms with Crippen LogP contribution in [0, 0.1) is 6.92 Å². The second-order valence-electron chi connectivity index (χ2n) is 5.70. The van der Waals surface area contributed by atoms with Gasteiger partial charge < -0.3 is 18.9 Å². The van der Waals surface area contributed by atoms with Crippen molar-refractivity contribution in [3.05, 3.63) is 34.8 Å². The minimum absolute atomic E-state index is 0.203. The standard InChI is InChI=1S/C18H23N3O4S/c1-13-12-26-18(20-13)21-19-11-14-5-3-6-15(22-2)17(14)25-10-7-16-23-8-4-9-24-16/h3,5-6,11-12,16H,4,7-10H2,1-2H3,(H,20,21). The molecule has 0 bridgehead atoms. The summed E-state index contributed by atoms with van der Waals surface area (Å²) in [4.78, 5) is 4.31. The third-order valence-corrected chi connectivity index (χ3v) is 4.57. The van der Waals surface area contributed by atoms with Crippen molar-refractivity contribution in [1.82, 2.24) is 4.98 Å². The fraction of sp³-hybridized carbons (Fsp3) is 0.444. The van der Waals surface area contributed by atoms with E-state index in [9.17, 15) is 0 Å². The fourth-order valence-corrected chi connectivity index (χ4v) is 3.11. The fourth-order valence-electron chi connectivity index (χ4n) is 2.47. The Morgan fingerprint density at radius 1 is 1.38 bits per heavy atom. The van der Waals surface area contributed by atoms with Crippen molar-refractivity contribution >= 4 is 22.7 Å². The molecule has 2 aromatic rings. The number of para-hydroxylation sites is 1. The van der Waals surface area contributed by atoms with Crippen molar-refractivity contribution in [2.75, 3.05) is 32.4 Å². The molecule has 0 saturated carbocycles. The van der Waals surface area contributed by atoms with Gasteiger partial charge in [0.25, 0.3) is 0 Å². The first-order chi connectivity index (χ1) is 12.8. The summed E-state index contributed by atoms with van der Waals surface area (Å²) in [5, 5.41) is 6.96. The van der Waals surface area contributed by atoms with E-state index >= 15 is 0 Å². The van der Waals surface area contributed by atoms with Crippen LogP contribution in [-0.4, -0.2) is 44.4 Å². The number of methoxy groups -OCH3 is 1. The Hall–Kier alpha value is -2.16. The minimum Gasteiger partial charge on any atom is -0.493 e. The summed E-state index contributed by atoms with van der Waals surface area (Å²) in [6.45, 7) is 3.88. The Morgan fingerprint density at radius 2 is 2.23 bits per heavy atom. The maximum Gasteiger partial charge on any atom is 0.203 e. The van der Waals surface area contributed by atoms with E-state index in [4.69, 9.17) is 18.9 Å². The zero-order valence-electron chi connectivity index (χ0n) is 14.9. The molecular formula is C18H23N3O4S. The van der Waals surface area contributed by atoms with Crippen molar-refractivity contribution in [2.45, 2.75) is 26.1 Å². The van der Waals surface area contributed by atoms with E-state index in [0.717, 1.165) is 36.0 Å². The molecule has 0 aliphatic carbocycles. The molecule has 8 heteroatoms. The van der Waals surface area contributed by atoms with Gasteiger partial charge in [-0.15, -0.1) is 11.3 Å². The van der Waals surface area contributed by atoms with Crippen LogP contribution in [0.25, 0.3) is 0 Å². The molecule has 140 valence electrons. The van der Waals surface area contributed by atoms with Crippen molar-refractivity contribution in [3.8, 4) is 11.5 Å². The first-order valence-electron chi connectivity index (χ1n) is 8.50. The first kappa shape index (κ1) is 18.6. The average molecular weight is 377 g/mol. The van der Waals surface area contributed by atoms with Gasteiger partial charge in [0.2, 0.25) is 5.13 Å². The monoisotopic (exact) mass is 377 g/mol. The highest BCUT2D eigenvalue weighted by Gasteiger charge is 2.15. The van der Waals surface area contributed by atoms with E-state index in [2.05, 4.69) is 15.5 Å². The number of nitrogens with one attached hydrogen (secondary N) is 1. The molecule has 1 aromatic heterocycles. The molecule has 26 heavy (non-hydrogen) atoms. The van der Waals surface area contributed by atoms with Gasteiger partial charge in [0.15, 0.2) is 17.8 Å². The van der Waals surface area contributed by atoms with Crippen LogP contribution in [-0.2, 0) is 9.47 Å². The lowest BCUT2D eigenvalue weighted by molar-refractivity contribution is -0.183. The highest BCUT2D eigenvalue weighted by atomic mass is 32.1. The van der Waals surface area contributed by atoms with Crippen molar-refractivity contribution in [3.63, 3.8) is 0 Å². The Labute approximate surface area is 156 Å². The molecule has 1 aliphatic heterocycles. The second kappa shape index (κ2) is 9.51. The van der Waals surface area contributed by atoms with Crippen molar-refractivity contribution in [2.24, 2.45) is 5.10 Å². The van der Waals surface area contributed by atoms with E-state index in [1.807, 2.05) is 30.5 Å². The van der Waals surface area contributed by atoms with Crippen LogP contribution in [0.3, 0.4) is 0 Å². The summed E-state index contributed by atoms with van der Waals surface area (Å²) < 4.78 is 22.5. The lowest BCUT2D eigenvalue weighted by atomic mass is 10.2. The number of aryl methyl sites for hydroxylation is 1. The molecule has 3 rings (SSSR count). The molecule has 1 N–H and O–H groups in total.